The number of Topliss-reactive ketones (excluding diaryl/α,β-unsaturated/α-hetero) is 1. The van der Waals surface area contributed by atoms with E-state index in [9.17, 15) is 14.7 Å². The number of carbonyl (C=O) groups excluding carboxylic acids is 2. The van der Waals surface area contributed by atoms with Crippen LogP contribution in [0.4, 0.5) is 0 Å². The lowest BCUT2D eigenvalue weighted by molar-refractivity contribution is -0.140. The molecule has 0 spiro atoms. The first-order valence-electron chi connectivity index (χ1n) is 11.3. The number of benzene rings is 3. The van der Waals surface area contributed by atoms with Crippen LogP contribution in [0.1, 0.15) is 36.6 Å². The van der Waals surface area contributed by atoms with Gasteiger partial charge >= 0.3 is 0 Å². The van der Waals surface area contributed by atoms with E-state index < -0.39 is 17.7 Å². The van der Waals surface area contributed by atoms with Crippen molar-refractivity contribution < 1.29 is 24.2 Å². The number of amides is 1. The van der Waals surface area contributed by atoms with Crippen LogP contribution in [0.25, 0.3) is 5.76 Å². The second-order valence-electron chi connectivity index (χ2n) is 8.64. The standard InChI is InChI=1S/C28H25Cl2NO5/c1-16(2)36-21-11-6-18(7-12-21)25-24(26(32)19-8-13-22(29)23(30)14-19)27(33)28(34)31(25)15-17-4-9-20(35-3)10-5-17/h4-14,16,25,32H,15H2,1-3H3/b26-24-. The van der Waals surface area contributed by atoms with Crippen molar-refractivity contribution in [2.45, 2.75) is 32.5 Å². The SMILES string of the molecule is COc1ccc(CN2C(=O)C(=O)/C(=C(\O)c3ccc(Cl)c(Cl)c3)C2c2ccc(OC(C)C)cc2)cc1. The monoisotopic (exact) mass is 525 g/mol. The average molecular weight is 526 g/mol. The Morgan fingerprint density at radius 1 is 0.944 bits per heavy atom. The fraction of sp³-hybridized carbons (Fsp3) is 0.214. The molecule has 0 aromatic heterocycles. The molecule has 1 unspecified atom stereocenters. The molecule has 1 heterocycles. The van der Waals surface area contributed by atoms with E-state index >= 15 is 0 Å². The first kappa shape index (κ1) is 25.6. The minimum absolute atomic E-state index is 0.00814. The molecule has 36 heavy (non-hydrogen) atoms. The van der Waals surface area contributed by atoms with Crippen LogP contribution in [-0.4, -0.2) is 34.9 Å². The summed E-state index contributed by atoms with van der Waals surface area (Å²) in [5, 5.41) is 11.8. The molecule has 0 saturated carbocycles. The number of ketones is 1. The van der Waals surface area contributed by atoms with Gasteiger partial charge in [-0.05, 0) is 67.4 Å². The highest BCUT2D eigenvalue weighted by Crippen LogP contribution is 2.41. The van der Waals surface area contributed by atoms with E-state index in [4.69, 9.17) is 32.7 Å². The van der Waals surface area contributed by atoms with Crippen LogP contribution in [0.5, 0.6) is 11.5 Å². The lowest BCUT2D eigenvalue weighted by Gasteiger charge is -2.26. The lowest BCUT2D eigenvalue weighted by Crippen LogP contribution is -2.29. The van der Waals surface area contributed by atoms with Gasteiger partial charge in [-0.15, -0.1) is 0 Å². The van der Waals surface area contributed by atoms with Crippen LogP contribution in [0.3, 0.4) is 0 Å². The first-order chi connectivity index (χ1) is 17.2. The molecule has 1 fully saturated rings. The van der Waals surface area contributed by atoms with E-state index in [0.717, 1.165) is 5.56 Å². The minimum Gasteiger partial charge on any atom is -0.507 e. The summed E-state index contributed by atoms with van der Waals surface area (Å²) in [5.41, 5.74) is 1.72. The van der Waals surface area contributed by atoms with Gasteiger partial charge in [0.15, 0.2) is 0 Å². The summed E-state index contributed by atoms with van der Waals surface area (Å²) in [6, 6.07) is 18.1. The van der Waals surface area contributed by atoms with Gasteiger partial charge in [-0.2, -0.15) is 0 Å². The Kier molecular flexibility index (Phi) is 7.57. The summed E-state index contributed by atoms with van der Waals surface area (Å²) in [5.74, 6) is -0.473. The van der Waals surface area contributed by atoms with Crippen LogP contribution in [0.2, 0.25) is 10.0 Å². The zero-order chi connectivity index (χ0) is 26.0. The van der Waals surface area contributed by atoms with E-state index in [1.165, 1.54) is 17.0 Å². The Hall–Kier alpha value is -3.48. The predicted octanol–water partition coefficient (Wildman–Crippen LogP) is 6.41. The van der Waals surface area contributed by atoms with E-state index in [2.05, 4.69) is 0 Å². The number of rotatable bonds is 7. The van der Waals surface area contributed by atoms with Crippen molar-refractivity contribution in [2.24, 2.45) is 0 Å². The Balaban J connectivity index is 1.81. The molecule has 6 nitrogen and oxygen atoms in total. The largest absolute Gasteiger partial charge is 0.507 e. The summed E-state index contributed by atoms with van der Waals surface area (Å²) < 4.78 is 11.0. The molecule has 1 amide bonds. The van der Waals surface area contributed by atoms with Crippen LogP contribution in [0, 0.1) is 0 Å². The molecule has 0 aliphatic carbocycles. The van der Waals surface area contributed by atoms with Crippen LogP contribution >= 0.6 is 23.2 Å². The van der Waals surface area contributed by atoms with Gasteiger partial charge in [-0.3, -0.25) is 9.59 Å². The zero-order valence-corrected chi connectivity index (χ0v) is 21.5. The van der Waals surface area contributed by atoms with Crippen LogP contribution < -0.4 is 9.47 Å². The third-order valence-corrected chi connectivity index (χ3v) is 6.55. The molecule has 0 radical (unpaired) electrons. The van der Waals surface area contributed by atoms with E-state index in [0.29, 0.717) is 22.1 Å². The van der Waals surface area contributed by atoms with Crippen molar-refractivity contribution in [1.29, 1.82) is 0 Å². The highest BCUT2D eigenvalue weighted by Gasteiger charge is 2.46. The van der Waals surface area contributed by atoms with Crippen molar-refractivity contribution in [2.75, 3.05) is 7.11 Å². The molecule has 0 bridgehead atoms. The molecule has 1 aliphatic rings. The third kappa shape index (κ3) is 5.20. The Morgan fingerprint density at radius 2 is 1.58 bits per heavy atom. The Morgan fingerprint density at radius 3 is 2.17 bits per heavy atom. The molecule has 186 valence electrons. The van der Waals surface area contributed by atoms with Crippen LogP contribution in [0.15, 0.2) is 72.3 Å². The highest BCUT2D eigenvalue weighted by molar-refractivity contribution is 6.46. The number of nitrogens with zero attached hydrogens (tertiary/aromatic N) is 1. The number of hydrogen-bond acceptors (Lipinski definition) is 5. The fourth-order valence-electron chi connectivity index (χ4n) is 4.12. The predicted molar refractivity (Wildman–Crippen MR) is 140 cm³/mol. The number of hydrogen-bond donors (Lipinski definition) is 1. The summed E-state index contributed by atoms with van der Waals surface area (Å²) in [6.07, 6.45) is -0.00814. The Bertz CT molecular complexity index is 1320. The second-order valence-corrected chi connectivity index (χ2v) is 9.45. The zero-order valence-electron chi connectivity index (χ0n) is 20.0. The molecule has 1 saturated heterocycles. The highest BCUT2D eigenvalue weighted by atomic mass is 35.5. The number of likely N-dealkylation sites (tertiary alicyclic amines) is 1. The number of ether oxygens (including phenoxy) is 2. The maximum atomic E-state index is 13.3. The number of halogens is 2. The van der Waals surface area contributed by atoms with E-state index in [1.807, 2.05) is 26.0 Å². The van der Waals surface area contributed by atoms with Crippen LogP contribution in [-0.2, 0) is 16.1 Å². The van der Waals surface area contributed by atoms with E-state index in [1.54, 1.807) is 49.6 Å². The number of methoxy groups -OCH3 is 1. The Labute approximate surface area is 219 Å². The minimum atomic E-state index is -0.824. The summed E-state index contributed by atoms with van der Waals surface area (Å²) in [6.45, 7) is 4.01. The van der Waals surface area contributed by atoms with Gasteiger partial charge in [0.2, 0.25) is 0 Å². The lowest BCUT2D eigenvalue weighted by atomic mass is 9.95. The first-order valence-corrected chi connectivity index (χ1v) is 12.1. The summed E-state index contributed by atoms with van der Waals surface area (Å²) in [4.78, 5) is 27.9. The number of aliphatic hydroxyl groups excluding tert-OH is 1. The van der Waals surface area contributed by atoms with Gasteiger partial charge in [-0.25, -0.2) is 0 Å². The second kappa shape index (κ2) is 10.6. The van der Waals surface area contributed by atoms with Crippen molar-refractivity contribution >= 4 is 40.7 Å². The molecule has 8 heteroatoms. The molecule has 1 atom stereocenters. The van der Waals surface area contributed by atoms with Gasteiger partial charge in [0, 0.05) is 12.1 Å². The molecule has 1 N–H and O–H groups in total. The van der Waals surface area contributed by atoms with Gasteiger partial charge in [0.05, 0.1) is 34.9 Å². The smallest absolute Gasteiger partial charge is 0.295 e. The summed E-state index contributed by atoms with van der Waals surface area (Å²) in [7, 11) is 1.57. The van der Waals surface area contributed by atoms with Gasteiger partial charge in [0.25, 0.3) is 11.7 Å². The van der Waals surface area contributed by atoms with Crippen molar-refractivity contribution in [1.82, 2.24) is 4.90 Å². The van der Waals surface area contributed by atoms with Gasteiger partial charge in [0.1, 0.15) is 17.3 Å². The van der Waals surface area contributed by atoms with Crippen molar-refractivity contribution in [3.05, 3.63) is 99.0 Å². The normalized spacial score (nSPS) is 17.1. The van der Waals surface area contributed by atoms with Crippen molar-refractivity contribution in [3.8, 4) is 11.5 Å². The maximum Gasteiger partial charge on any atom is 0.295 e. The molecular formula is C28H25Cl2NO5. The van der Waals surface area contributed by atoms with E-state index in [-0.39, 0.29) is 34.6 Å². The number of aliphatic hydroxyl groups is 1. The fourth-order valence-corrected chi connectivity index (χ4v) is 4.42. The van der Waals surface area contributed by atoms with Gasteiger partial charge < -0.3 is 19.5 Å². The average Bonchev–Trinajstić information content (AvgIpc) is 3.11. The molecule has 1 aliphatic heterocycles. The maximum absolute atomic E-state index is 13.3. The summed E-state index contributed by atoms with van der Waals surface area (Å²) >= 11 is 12.2. The number of carbonyl (C=O) groups is 2. The third-order valence-electron chi connectivity index (χ3n) is 5.81. The molecular weight excluding hydrogens is 501 g/mol. The van der Waals surface area contributed by atoms with Crippen molar-refractivity contribution in [3.63, 3.8) is 0 Å². The van der Waals surface area contributed by atoms with Gasteiger partial charge in [-0.1, -0.05) is 47.5 Å². The molecule has 3 aromatic carbocycles. The molecule has 4 rings (SSSR count). The molecule has 3 aromatic rings. The quantitative estimate of drug-likeness (QED) is 0.219. The topological polar surface area (TPSA) is 76.1 Å².